The third-order valence-electron chi connectivity index (χ3n) is 7.49. The lowest BCUT2D eigenvalue weighted by atomic mass is 9.92. The van der Waals surface area contributed by atoms with E-state index in [1.54, 1.807) is 24.5 Å². The molecule has 0 atom stereocenters. The zero-order valence-electron chi connectivity index (χ0n) is 22.3. The van der Waals surface area contributed by atoms with Crippen molar-refractivity contribution in [3.8, 4) is 5.75 Å². The number of aromatic nitrogens is 2. The van der Waals surface area contributed by atoms with Crippen LogP contribution in [0.2, 0.25) is 5.02 Å². The Morgan fingerprint density at radius 1 is 1.11 bits per heavy atom. The lowest BCUT2D eigenvalue weighted by molar-refractivity contribution is -0.136. The Labute approximate surface area is 230 Å². The van der Waals surface area contributed by atoms with Crippen molar-refractivity contribution in [3.05, 3.63) is 47.0 Å². The van der Waals surface area contributed by atoms with E-state index in [9.17, 15) is 9.18 Å². The smallest absolute Gasteiger partial charge is 0.227 e. The molecule has 2 aliphatic rings. The molecule has 38 heavy (non-hydrogen) atoms. The Kier molecular flexibility index (Phi) is 11.0. The zero-order valence-corrected chi connectivity index (χ0v) is 23.1. The van der Waals surface area contributed by atoms with Gasteiger partial charge in [0, 0.05) is 45.3 Å². The van der Waals surface area contributed by atoms with Gasteiger partial charge in [-0.05, 0) is 69.2 Å². The Balaban J connectivity index is 1.09. The molecular formula is C28H40ClFN6O2. The highest BCUT2D eigenvalue weighted by molar-refractivity contribution is 6.30. The van der Waals surface area contributed by atoms with Gasteiger partial charge in [-0.1, -0.05) is 17.7 Å². The number of rotatable bonds is 14. The molecule has 2 aliphatic heterocycles. The first-order chi connectivity index (χ1) is 18.5. The molecule has 1 amide bonds. The van der Waals surface area contributed by atoms with Gasteiger partial charge in [0.15, 0.2) is 0 Å². The van der Waals surface area contributed by atoms with Crippen LogP contribution in [-0.4, -0.2) is 80.2 Å². The van der Waals surface area contributed by atoms with Crippen molar-refractivity contribution in [3.63, 3.8) is 0 Å². The number of hydrogen-bond donors (Lipinski definition) is 2. The summed E-state index contributed by atoms with van der Waals surface area (Å²) in [6.07, 6.45) is 8.61. The zero-order chi connectivity index (χ0) is 26.7. The summed E-state index contributed by atoms with van der Waals surface area (Å²) in [4.78, 5) is 25.2. The monoisotopic (exact) mass is 546 g/mol. The maximum atomic E-state index is 14.7. The number of amides is 1. The molecule has 3 heterocycles. The average Bonchev–Trinajstić information content (AvgIpc) is 2.90. The second kappa shape index (κ2) is 14.6. The van der Waals surface area contributed by atoms with Crippen LogP contribution in [0.1, 0.15) is 37.7 Å². The predicted octanol–water partition coefficient (Wildman–Crippen LogP) is 3.54. The molecule has 2 fully saturated rings. The fourth-order valence-electron chi connectivity index (χ4n) is 5.09. The number of halogens is 2. The van der Waals surface area contributed by atoms with Gasteiger partial charge in [0.25, 0.3) is 0 Å². The molecule has 0 aliphatic carbocycles. The largest absolute Gasteiger partial charge is 0.493 e. The number of benzene rings is 1. The highest BCUT2D eigenvalue weighted by Gasteiger charge is 2.30. The molecule has 8 nitrogen and oxygen atoms in total. The topological polar surface area (TPSA) is 82.6 Å². The van der Waals surface area contributed by atoms with Crippen molar-refractivity contribution in [2.75, 3.05) is 64.4 Å². The van der Waals surface area contributed by atoms with E-state index in [1.807, 2.05) is 11.9 Å². The van der Waals surface area contributed by atoms with E-state index < -0.39 is 0 Å². The van der Waals surface area contributed by atoms with Crippen LogP contribution in [0.15, 0.2) is 30.6 Å². The molecule has 1 aromatic carbocycles. The average molecular weight is 547 g/mol. The summed E-state index contributed by atoms with van der Waals surface area (Å²) in [7, 11) is 1.94. The molecule has 2 aromatic rings. The fraction of sp³-hybridized carbons (Fsp3) is 0.607. The molecule has 0 saturated carbocycles. The van der Waals surface area contributed by atoms with Crippen molar-refractivity contribution in [2.24, 2.45) is 11.8 Å². The van der Waals surface area contributed by atoms with Crippen LogP contribution in [0.3, 0.4) is 0 Å². The SMILES string of the molecule is CNCCNCCC1CN(C(=O)Cc2ccc(OCCCC3CCN(c4ncc(Cl)cn4)CC3)cc2F)C1. The first-order valence-electron chi connectivity index (χ1n) is 13.8. The van der Waals surface area contributed by atoms with E-state index >= 15 is 0 Å². The molecule has 0 spiro atoms. The molecule has 0 bridgehead atoms. The third kappa shape index (κ3) is 8.51. The summed E-state index contributed by atoms with van der Waals surface area (Å²) in [5, 5.41) is 7.04. The molecular weight excluding hydrogens is 507 g/mol. The number of nitrogens with one attached hydrogen (secondary N) is 2. The van der Waals surface area contributed by atoms with Gasteiger partial charge in [0.05, 0.1) is 30.4 Å². The molecule has 208 valence electrons. The summed E-state index contributed by atoms with van der Waals surface area (Å²) < 4.78 is 20.5. The Bertz CT molecular complexity index is 1010. The van der Waals surface area contributed by atoms with Gasteiger partial charge in [-0.2, -0.15) is 0 Å². The minimum atomic E-state index is -0.376. The minimum Gasteiger partial charge on any atom is -0.493 e. The molecule has 4 rings (SSSR count). The third-order valence-corrected chi connectivity index (χ3v) is 7.68. The fourth-order valence-corrected chi connectivity index (χ4v) is 5.19. The van der Waals surface area contributed by atoms with Gasteiger partial charge in [0.1, 0.15) is 11.6 Å². The first kappa shape index (κ1) is 28.5. The lowest BCUT2D eigenvalue weighted by Crippen LogP contribution is -2.51. The molecule has 2 N–H and O–H groups in total. The maximum absolute atomic E-state index is 14.7. The first-order valence-corrected chi connectivity index (χ1v) is 14.2. The van der Waals surface area contributed by atoms with Gasteiger partial charge in [-0.15, -0.1) is 0 Å². The molecule has 10 heteroatoms. The van der Waals surface area contributed by atoms with E-state index in [-0.39, 0.29) is 18.1 Å². The number of nitrogens with zero attached hydrogens (tertiary/aromatic N) is 4. The number of hydrogen-bond acceptors (Lipinski definition) is 7. The maximum Gasteiger partial charge on any atom is 0.227 e. The van der Waals surface area contributed by atoms with Crippen LogP contribution in [0.4, 0.5) is 10.3 Å². The number of carbonyl (C=O) groups excluding carboxylic acids is 1. The van der Waals surface area contributed by atoms with Crippen LogP contribution < -0.4 is 20.3 Å². The normalized spacial score (nSPS) is 16.5. The highest BCUT2D eigenvalue weighted by atomic mass is 35.5. The Hall–Kier alpha value is -2.49. The Morgan fingerprint density at radius 3 is 2.58 bits per heavy atom. The van der Waals surface area contributed by atoms with E-state index in [0.717, 1.165) is 83.9 Å². The Morgan fingerprint density at radius 2 is 1.87 bits per heavy atom. The van der Waals surface area contributed by atoms with Crippen LogP contribution in [0, 0.1) is 17.7 Å². The van der Waals surface area contributed by atoms with Crippen molar-refractivity contribution in [2.45, 2.75) is 38.5 Å². The number of likely N-dealkylation sites (N-methyl/N-ethyl adjacent to an activating group) is 1. The number of likely N-dealkylation sites (tertiary alicyclic amines) is 1. The van der Waals surface area contributed by atoms with Gasteiger partial charge in [0.2, 0.25) is 11.9 Å². The summed E-state index contributed by atoms with van der Waals surface area (Å²) in [5.41, 5.74) is 0.427. The van der Waals surface area contributed by atoms with Gasteiger partial charge in [-0.3, -0.25) is 4.79 Å². The number of anilines is 1. The molecule has 1 aromatic heterocycles. The van der Waals surface area contributed by atoms with E-state index in [0.29, 0.717) is 34.8 Å². The summed E-state index contributed by atoms with van der Waals surface area (Å²) >= 11 is 5.88. The van der Waals surface area contributed by atoms with Crippen LogP contribution in [0.25, 0.3) is 0 Å². The minimum absolute atomic E-state index is 0.00867. The van der Waals surface area contributed by atoms with Crippen molar-refractivity contribution < 1.29 is 13.9 Å². The van der Waals surface area contributed by atoms with E-state index in [2.05, 4.69) is 25.5 Å². The summed E-state index contributed by atoms with van der Waals surface area (Å²) in [6, 6.07) is 4.86. The summed E-state index contributed by atoms with van der Waals surface area (Å²) in [6.45, 7) is 6.82. The number of ether oxygens (including phenoxy) is 1. The molecule has 2 saturated heterocycles. The lowest BCUT2D eigenvalue weighted by Gasteiger charge is -2.39. The quantitative estimate of drug-likeness (QED) is 0.351. The number of carbonyl (C=O) groups is 1. The summed E-state index contributed by atoms with van der Waals surface area (Å²) in [5.74, 6) is 2.04. The van der Waals surface area contributed by atoms with E-state index in [1.165, 1.54) is 6.07 Å². The predicted molar refractivity (Wildman–Crippen MR) is 148 cm³/mol. The van der Waals surface area contributed by atoms with Gasteiger partial charge >= 0.3 is 0 Å². The van der Waals surface area contributed by atoms with Crippen molar-refractivity contribution in [1.82, 2.24) is 25.5 Å². The number of piperidine rings is 1. The molecule has 0 unspecified atom stereocenters. The second-order valence-electron chi connectivity index (χ2n) is 10.4. The standard InChI is InChI=1S/C28H40ClFN6O2/c1-31-10-11-32-9-6-22-19-36(20-22)27(37)15-23-4-5-25(16-26(23)30)38-14-2-3-21-7-12-35(13-8-21)28-33-17-24(29)18-34-28/h4-5,16-18,21-22,31-32H,2-3,6-15,19-20H2,1H3. The highest BCUT2D eigenvalue weighted by Crippen LogP contribution is 2.25. The second-order valence-corrected chi connectivity index (χ2v) is 10.8. The van der Waals surface area contributed by atoms with Crippen LogP contribution >= 0.6 is 11.6 Å². The van der Waals surface area contributed by atoms with Crippen molar-refractivity contribution in [1.29, 1.82) is 0 Å². The van der Waals surface area contributed by atoms with E-state index in [4.69, 9.17) is 16.3 Å². The van der Waals surface area contributed by atoms with Crippen LogP contribution in [0.5, 0.6) is 5.75 Å². The van der Waals surface area contributed by atoms with Crippen LogP contribution in [-0.2, 0) is 11.2 Å². The molecule has 0 radical (unpaired) electrons. The van der Waals surface area contributed by atoms with Crippen molar-refractivity contribution >= 4 is 23.5 Å². The van der Waals surface area contributed by atoms with Gasteiger partial charge < -0.3 is 25.2 Å². The van der Waals surface area contributed by atoms with Gasteiger partial charge in [-0.25, -0.2) is 14.4 Å².